The van der Waals surface area contributed by atoms with Gasteiger partial charge >= 0.3 is 5.97 Å². The van der Waals surface area contributed by atoms with E-state index in [0.29, 0.717) is 17.0 Å². The Morgan fingerprint density at radius 3 is 2.89 bits per heavy atom. The highest BCUT2D eigenvalue weighted by molar-refractivity contribution is 7.99. The average molecular weight is 271 g/mol. The Morgan fingerprint density at radius 1 is 1.67 bits per heavy atom. The van der Waals surface area contributed by atoms with E-state index in [-0.39, 0.29) is 5.97 Å². The fourth-order valence-electron chi connectivity index (χ4n) is 1.62. The van der Waals surface area contributed by atoms with Crippen LogP contribution >= 0.6 is 11.8 Å². The number of tetrazole rings is 1. The molecule has 0 aromatic carbocycles. The second kappa shape index (κ2) is 5.23. The Hall–Kier alpha value is -1.15. The van der Waals surface area contributed by atoms with E-state index in [9.17, 15) is 4.79 Å². The van der Waals surface area contributed by atoms with Crippen molar-refractivity contribution in [3.8, 4) is 0 Å². The highest BCUT2D eigenvalue weighted by Crippen LogP contribution is 2.27. The van der Waals surface area contributed by atoms with Crippen molar-refractivity contribution >= 4 is 17.7 Å². The molecule has 0 bridgehead atoms. The van der Waals surface area contributed by atoms with Gasteiger partial charge in [0.1, 0.15) is 5.54 Å². The number of aromatic nitrogens is 4. The summed E-state index contributed by atoms with van der Waals surface area (Å²) in [6.07, 6.45) is 2.23. The maximum atomic E-state index is 11.9. The lowest BCUT2D eigenvalue weighted by Crippen LogP contribution is -2.53. The van der Waals surface area contributed by atoms with Gasteiger partial charge in [0.15, 0.2) is 0 Å². The van der Waals surface area contributed by atoms with Crippen molar-refractivity contribution < 1.29 is 9.53 Å². The number of thioether (sulfide) groups is 1. The van der Waals surface area contributed by atoms with E-state index in [4.69, 9.17) is 4.74 Å². The molecule has 1 unspecified atom stereocenters. The molecule has 0 spiro atoms. The maximum Gasteiger partial charge on any atom is 0.326 e. The van der Waals surface area contributed by atoms with Crippen LogP contribution in [0.1, 0.15) is 19.8 Å². The summed E-state index contributed by atoms with van der Waals surface area (Å²) in [5, 5.41) is 15.2. The van der Waals surface area contributed by atoms with E-state index in [1.165, 1.54) is 18.9 Å². The summed E-state index contributed by atoms with van der Waals surface area (Å²) in [4.78, 5) is 11.9. The van der Waals surface area contributed by atoms with Gasteiger partial charge in [-0.15, -0.1) is 5.10 Å². The third-order valence-corrected chi connectivity index (χ3v) is 4.13. The second-order valence-corrected chi connectivity index (χ2v) is 5.56. The molecule has 1 aromatic rings. The summed E-state index contributed by atoms with van der Waals surface area (Å²) in [6, 6.07) is 0.423. The number of nitrogens with one attached hydrogen (secondary N) is 1. The van der Waals surface area contributed by atoms with Crippen molar-refractivity contribution in [1.29, 1.82) is 0 Å². The summed E-state index contributed by atoms with van der Waals surface area (Å²) in [5.74, 6) is 0.279. The molecule has 1 saturated carbocycles. The summed E-state index contributed by atoms with van der Waals surface area (Å²) in [6.45, 7) is 1.86. The minimum absolute atomic E-state index is 0.253. The van der Waals surface area contributed by atoms with Gasteiger partial charge in [0, 0.05) is 18.8 Å². The summed E-state index contributed by atoms with van der Waals surface area (Å²) in [7, 11) is 3.18. The van der Waals surface area contributed by atoms with Gasteiger partial charge in [-0.25, -0.2) is 4.68 Å². The number of nitrogens with zero attached hydrogens (tertiary/aromatic N) is 4. The highest BCUT2D eigenvalue weighted by Gasteiger charge is 2.39. The summed E-state index contributed by atoms with van der Waals surface area (Å²) >= 11 is 1.44. The first-order valence-electron chi connectivity index (χ1n) is 5.76. The maximum absolute atomic E-state index is 11.9. The zero-order valence-corrected chi connectivity index (χ0v) is 11.5. The lowest BCUT2D eigenvalue weighted by atomic mass is 10.1. The van der Waals surface area contributed by atoms with Crippen molar-refractivity contribution in [3.63, 3.8) is 0 Å². The number of hydrogen-bond donors (Lipinski definition) is 1. The van der Waals surface area contributed by atoms with Crippen molar-refractivity contribution in [3.05, 3.63) is 0 Å². The lowest BCUT2D eigenvalue weighted by molar-refractivity contribution is -0.147. The van der Waals surface area contributed by atoms with Crippen molar-refractivity contribution in [1.82, 2.24) is 25.5 Å². The first kappa shape index (κ1) is 13.3. The van der Waals surface area contributed by atoms with Crippen LogP contribution in [0.15, 0.2) is 5.16 Å². The van der Waals surface area contributed by atoms with E-state index in [0.717, 1.165) is 12.8 Å². The summed E-state index contributed by atoms with van der Waals surface area (Å²) < 4.78 is 6.45. The van der Waals surface area contributed by atoms with Crippen LogP contribution in [0.5, 0.6) is 0 Å². The van der Waals surface area contributed by atoms with Crippen LogP contribution in [-0.4, -0.2) is 50.6 Å². The Labute approximate surface area is 110 Å². The molecule has 0 amide bonds. The molecule has 0 aliphatic heterocycles. The average Bonchev–Trinajstić information content (AvgIpc) is 3.06. The third-order valence-electron chi connectivity index (χ3n) is 2.81. The molecule has 7 nitrogen and oxygen atoms in total. The molecule has 8 heteroatoms. The highest BCUT2D eigenvalue weighted by atomic mass is 32.2. The van der Waals surface area contributed by atoms with Gasteiger partial charge in [-0.1, -0.05) is 11.8 Å². The van der Waals surface area contributed by atoms with E-state index < -0.39 is 5.54 Å². The number of aryl methyl sites for hydroxylation is 1. The largest absolute Gasteiger partial charge is 0.468 e. The minimum atomic E-state index is -0.702. The van der Waals surface area contributed by atoms with Crippen LogP contribution in [0.3, 0.4) is 0 Å². The molecule has 18 heavy (non-hydrogen) atoms. The van der Waals surface area contributed by atoms with E-state index >= 15 is 0 Å². The van der Waals surface area contributed by atoms with E-state index in [2.05, 4.69) is 20.8 Å². The second-order valence-electron chi connectivity index (χ2n) is 4.62. The van der Waals surface area contributed by atoms with Crippen LogP contribution < -0.4 is 5.32 Å². The van der Waals surface area contributed by atoms with Gasteiger partial charge in [0.2, 0.25) is 5.16 Å². The molecule has 1 N–H and O–H groups in total. The van der Waals surface area contributed by atoms with Gasteiger partial charge in [0.05, 0.1) is 7.11 Å². The first-order chi connectivity index (χ1) is 8.55. The minimum Gasteiger partial charge on any atom is -0.468 e. The van der Waals surface area contributed by atoms with Gasteiger partial charge < -0.3 is 4.74 Å². The quantitative estimate of drug-likeness (QED) is 0.575. The lowest BCUT2D eigenvalue weighted by Gasteiger charge is -2.27. The number of rotatable bonds is 6. The predicted molar refractivity (Wildman–Crippen MR) is 66.1 cm³/mol. The molecule has 1 heterocycles. The molecule has 0 saturated heterocycles. The Kier molecular flexibility index (Phi) is 3.86. The van der Waals surface area contributed by atoms with Gasteiger partial charge in [-0.05, 0) is 30.2 Å². The number of methoxy groups -OCH3 is 1. The zero-order chi connectivity index (χ0) is 13.2. The number of esters is 1. The van der Waals surface area contributed by atoms with Crippen molar-refractivity contribution in [2.75, 3.05) is 12.9 Å². The molecule has 1 aliphatic carbocycles. The fraction of sp³-hybridized carbons (Fsp3) is 0.800. The Bertz CT molecular complexity index is 434. The zero-order valence-electron chi connectivity index (χ0n) is 10.7. The monoisotopic (exact) mass is 271 g/mol. The number of carbonyl (C=O) groups excluding carboxylic acids is 1. The van der Waals surface area contributed by atoms with Gasteiger partial charge in [-0.3, -0.25) is 10.1 Å². The normalized spacial score (nSPS) is 18.4. The number of hydrogen-bond acceptors (Lipinski definition) is 7. The van der Waals surface area contributed by atoms with Crippen molar-refractivity contribution in [2.24, 2.45) is 7.05 Å². The Balaban J connectivity index is 2.00. The standard InChI is InChI=1S/C10H17N5O2S/c1-10(8(16)17-3,11-7-4-5-7)6-18-9-12-13-14-15(9)2/h7,11H,4-6H2,1-3H3. The van der Waals surface area contributed by atoms with Gasteiger partial charge in [0.25, 0.3) is 0 Å². The van der Waals surface area contributed by atoms with Crippen LogP contribution in [0, 0.1) is 0 Å². The van der Waals surface area contributed by atoms with Crippen molar-refractivity contribution in [2.45, 2.75) is 36.5 Å². The third kappa shape index (κ3) is 2.99. The fourth-order valence-corrected chi connectivity index (χ4v) is 2.55. The van der Waals surface area contributed by atoms with Crippen LogP contribution in [-0.2, 0) is 16.6 Å². The topological polar surface area (TPSA) is 81.9 Å². The van der Waals surface area contributed by atoms with Gasteiger partial charge in [-0.2, -0.15) is 0 Å². The SMILES string of the molecule is COC(=O)C(C)(CSc1nnnn1C)NC1CC1. The molecule has 100 valence electrons. The number of ether oxygens (including phenoxy) is 1. The van der Waals surface area contributed by atoms with Crippen LogP contribution in [0.2, 0.25) is 0 Å². The predicted octanol–water partition coefficient (Wildman–Crippen LogP) is -0.0141. The molecule has 1 fully saturated rings. The van der Waals surface area contributed by atoms with Crippen LogP contribution in [0.4, 0.5) is 0 Å². The smallest absolute Gasteiger partial charge is 0.326 e. The Morgan fingerprint density at radius 2 is 2.39 bits per heavy atom. The molecule has 0 radical (unpaired) electrons. The molecular formula is C10H17N5O2S. The van der Waals surface area contributed by atoms with E-state index in [1.807, 2.05) is 6.92 Å². The molecule has 1 aromatic heterocycles. The summed E-state index contributed by atoms with van der Waals surface area (Å²) in [5.41, 5.74) is -0.702. The molecule has 1 aliphatic rings. The first-order valence-corrected chi connectivity index (χ1v) is 6.75. The van der Waals surface area contributed by atoms with E-state index in [1.54, 1.807) is 11.7 Å². The van der Waals surface area contributed by atoms with Crippen LogP contribution in [0.25, 0.3) is 0 Å². The molecule has 1 atom stereocenters. The number of carbonyl (C=O) groups is 1. The molecule has 2 rings (SSSR count). The molecular weight excluding hydrogens is 254 g/mol.